The van der Waals surface area contributed by atoms with E-state index in [-0.39, 0.29) is 17.2 Å². The molecule has 9 heteroatoms. The topological polar surface area (TPSA) is 76.9 Å². The maximum atomic E-state index is 13.2. The molecular formula is C24H20N4O2S3. The highest BCUT2D eigenvalue weighted by atomic mass is 32.2. The quantitative estimate of drug-likeness (QED) is 0.300. The summed E-state index contributed by atoms with van der Waals surface area (Å²) < 4.78 is 1.61. The lowest BCUT2D eigenvalue weighted by molar-refractivity contribution is -0.113. The van der Waals surface area contributed by atoms with Crippen LogP contribution in [0.25, 0.3) is 16.9 Å². The molecule has 4 aromatic rings. The molecule has 0 fully saturated rings. The van der Waals surface area contributed by atoms with Crippen LogP contribution in [0.3, 0.4) is 0 Å². The molecule has 2 aromatic heterocycles. The second-order valence-corrected chi connectivity index (χ2v) is 10.4. The predicted molar refractivity (Wildman–Crippen MR) is 136 cm³/mol. The molecule has 0 bridgehead atoms. The number of carbonyl (C=O) groups is 1. The molecule has 1 aliphatic heterocycles. The van der Waals surface area contributed by atoms with Crippen molar-refractivity contribution in [3.63, 3.8) is 0 Å². The molecule has 33 heavy (non-hydrogen) atoms. The molecule has 6 nitrogen and oxygen atoms in total. The fourth-order valence-corrected chi connectivity index (χ4v) is 6.14. The normalized spacial score (nSPS) is 12.5. The summed E-state index contributed by atoms with van der Waals surface area (Å²) >= 11 is 4.20. The van der Waals surface area contributed by atoms with Crippen LogP contribution in [0.5, 0.6) is 0 Å². The minimum absolute atomic E-state index is 0.0701. The van der Waals surface area contributed by atoms with E-state index in [1.165, 1.54) is 23.1 Å². The maximum absolute atomic E-state index is 13.2. The van der Waals surface area contributed by atoms with E-state index >= 15 is 0 Å². The van der Waals surface area contributed by atoms with Gasteiger partial charge >= 0.3 is 0 Å². The van der Waals surface area contributed by atoms with Crippen molar-refractivity contribution < 1.29 is 4.79 Å². The number of hydrogen-bond acceptors (Lipinski definition) is 7. The predicted octanol–water partition coefficient (Wildman–Crippen LogP) is 5.04. The van der Waals surface area contributed by atoms with Crippen LogP contribution in [0.15, 0.2) is 74.8 Å². The number of aryl methyl sites for hydroxylation is 2. The van der Waals surface area contributed by atoms with Crippen LogP contribution in [0.1, 0.15) is 11.3 Å². The Bertz CT molecular complexity index is 1380. The summed E-state index contributed by atoms with van der Waals surface area (Å²) in [5.74, 6) is 0.799. The average Bonchev–Trinajstić information content (AvgIpc) is 3.48. The number of thiazole rings is 1. The minimum atomic E-state index is -0.186. The molecule has 0 unspecified atom stereocenters. The van der Waals surface area contributed by atoms with Gasteiger partial charge in [0.1, 0.15) is 0 Å². The number of fused-ring (bicyclic) bond motifs is 1. The van der Waals surface area contributed by atoms with Crippen LogP contribution < -0.4 is 10.9 Å². The number of nitrogens with one attached hydrogen (secondary N) is 1. The SMILES string of the molecule is Cc1cccc(-c2csc(NC(=O)CSc3nc4c(c(=O)n3-c3ccccc3)SCC4)n2)c1. The van der Waals surface area contributed by atoms with Gasteiger partial charge in [-0.05, 0) is 25.1 Å². The van der Waals surface area contributed by atoms with Gasteiger partial charge < -0.3 is 5.32 Å². The van der Waals surface area contributed by atoms with Crippen molar-refractivity contribution in [3.05, 3.63) is 81.6 Å². The van der Waals surface area contributed by atoms with Gasteiger partial charge in [0.2, 0.25) is 5.91 Å². The molecule has 2 aromatic carbocycles. The number of hydrogen-bond donors (Lipinski definition) is 1. The Morgan fingerprint density at radius 1 is 1.15 bits per heavy atom. The number of para-hydroxylation sites is 1. The smallest absolute Gasteiger partial charge is 0.272 e. The van der Waals surface area contributed by atoms with Crippen molar-refractivity contribution >= 4 is 45.9 Å². The third kappa shape index (κ3) is 4.75. The summed E-state index contributed by atoms with van der Waals surface area (Å²) in [5, 5.41) is 5.89. The largest absolute Gasteiger partial charge is 0.301 e. The summed E-state index contributed by atoms with van der Waals surface area (Å²) in [4.78, 5) is 35.8. The first-order valence-electron chi connectivity index (χ1n) is 10.4. The van der Waals surface area contributed by atoms with Crippen LogP contribution >= 0.6 is 34.9 Å². The van der Waals surface area contributed by atoms with Crippen molar-refractivity contribution in [1.29, 1.82) is 0 Å². The molecule has 0 saturated heterocycles. The first kappa shape index (κ1) is 21.9. The Labute approximate surface area is 203 Å². The maximum Gasteiger partial charge on any atom is 0.272 e. The number of anilines is 1. The van der Waals surface area contributed by atoms with Crippen molar-refractivity contribution in [2.75, 3.05) is 16.8 Å². The zero-order valence-corrected chi connectivity index (χ0v) is 20.2. The van der Waals surface area contributed by atoms with E-state index < -0.39 is 0 Å². The standard InChI is InChI=1S/C24H20N4O2S3/c1-15-6-5-7-16(12-15)19-13-32-23(25-19)27-20(29)14-33-24-26-18-10-11-31-21(18)22(30)28(24)17-8-3-2-4-9-17/h2-9,12-13H,10-11,14H2,1H3,(H,25,27,29). The van der Waals surface area contributed by atoms with Gasteiger partial charge in [0, 0.05) is 23.1 Å². The third-order valence-electron chi connectivity index (χ3n) is 5.08. The van der Waals surface area contributed by atoms with Crippen LogP contribution in [0.4, 0.5) is 5.13 Å². The van der Waals surface area contributed by atoms with Crippen molar-refractivity contribution in [3.8, 4) is 16.9 Å². The van der Waals surface area contributed by atoms with E-state index in [2.05, 4.69) is 16.4 Å². The van der Waals surface area contributed by atoms with Crippen LogP contribution in [0.2, 0.25) is 0 Å². The Morgan fingerprint density at radius 3 is 2.82 bits per heavy atom. The van der Waals surface area contributed by atoms with E-state index in [1.807, 2.05) is 60.8 Å². The number of carbonyl (C=O) groups excluding carboxylic acids is 1. The first-order valence-corrected chi connectivity index (χ1v) is 13.2. The van der Waals surface area contributed by atoms with E-state index in [4.69, 9.17) is 4.98 Å². The first-order chi connectivity index (χ1) is 16.1. The van der Waals surface area contributed by atoms with Crippen LogP contribution in [-0.2, 0) is 11.2 Å². The molecule has 0 saturated carbocycles. The van der Waals surface area contributed by atoms with Gasteiger partial charge in [-0.25, -0.2) is 9.97 Å². The number of thioether (sulfide) groups is 2. The summed E-state index contributed by atoms with van der Waals surface area (Å²) in [5.41, 5.74) is 4.51. The zero-order valence-electron chi connectivity index (χ0n) is 17.8. The van der Waals surface area contributed by atoms with Gasteiger partial charge in [0.15, 0.2) is 10.3 Å². The summed E-state index contributed by atoms with van der Waals surface area (Å²) in [6, 6.07) is 17.5. The fraction of sp³-hybridized carbons (Fsp3) is 0.167. The van der Waals surface area contributed by atoms with Gasteiger partial charge in [-0.3, -0.25) is 14.2 Å². The number of rotatable bonds is 6. The van der Waals surface area contributed by atoms with Gasteiger partial charge in [-0.15, -0.1) is 23.1 Å². The second kappa shape index (κ2) is 9.54. The third-order valence-corrected chi connectivity index (χ3v) is 7.88. The highest BCUT2D eigenvalue weighted by Gasteiger charge is 2.23. The van der Waals surface area contributed by atoms with Crippen molar-refractivity contribution in [2.24, 2.45) is 0 Å². The van der Waals surface area contributed by atoms with Gasteiger partial charge in [0.05, 0.1) is 27.7 Å². The van der Waals surface area contributed by atoms with Crippen molar-refractivity contribution in [2.45, 2.75) is 23.4 Å². The molecule has 5 rings (SSSR count). The number of benzene rings is 2. The Kier molecular flexibility index (Phi) is 6.34. The van der Waals surface area contributed by atoms with Crippen LogP contribution in [-0.4, -0.2) is 31.9 Å². The summed E-state index contributed by atoms with van der Waals surface area (Å²) in [7, 11) is 0. The molecule has 0 spiro atoms. The van der Waals surface area contributed by atoms with Crippen LogP contribution in [0, 0.1) is 6.92 Å². The lowest BCUT2D eigenvalue weighted by atomic mass is 10.1. The zero-order chi connectivity index (χ0) is 22.8. The molecule has 0 radical (unpaired) electrons. The lowest BCUT2D eigenvalue weighted by Crippen LogP contribution is -2.24. The minimum Gasteiger partial charge on any atom is -0.301 e. The van der Waals surface area contributed by atoms with Gasteiger partial charge in [-0.2, -0.15) is 0 Å². The van der Waals surface area contributed by atoms with E-state index in [1.54, 1.807) is 16.3 Å². The Hall–Kier alpha value is -2.88. The average molecular weight is 493 g/mol. The fourth-order valence-electron chi connectivity index (χ4n) is 3.55. The van der Waals surface area contributed by atoms with E-state index in [0.29, 0.717) is 15.2 Å². The summed E-state index contributed by atoms with van der Waals surface area (Å²) in [6.45, 7) is 2.04. The highest BCUT2D eigenvalue weighted by molar-refractivity contribution is 8.00. The molecule has 0 atom stereocenters. The Morgan fingerprint density at radius 2 is 2.00 bits per heavy atom. The second-order valence-electron chi connectivity index (χ2n) is 7.49. The number of amides is 1. The lowest BCUT2D eigenvalue weighted by Gasteiger charge is -2.13. The number of aromatic nitrogens is 3. The molecule has 1 N–H and O–H groups in total. The highest BCUT2D eigenvalue weighted by Crippen LogP contribution is 2.30. The molecule has 3 heterocycles. The van der Waals surface area contributed by atoms with E-state index in [0.717, 1.165) is 40.4 Å². The molecule has 166 valence electrons. The molecule has 0 aliphatic carbocycles. The summed E-state index contributed by atoms with van der Waals surface area (Å²) in [6.07, 6.45) is 0.769. The van der Waals surface area contributed by atoms with Crippen molar-refractivity contribution in [1.82, 2.24) is 14.5 Å². The molecular weight excluding hydrogens is 472 g/mol. The monoisotopic (exact) mass is 492 g/mol. The Balaban J connectivity index is 1.33. The number of nitrogens with zero attached hydrogens (tertiary/aromatic N) is 3. The van der Waals surface area contributed by atoms with Gasteiger partial charge in [0.25, 0.3) is 5.56 Å². The molecule has 1 aliphatic rings. The molecule has 1 amide bonds. The van der Waals surface area contributed by atoms with E-state index in [9.17, 15) is 9.59 Å². The van der Waals surface area contributed by atoms with Gasteiger partial charge in [-0.1, -0.05) is 53.7 Å².